The first-order valence-corrected chi connectivity index (χ1v) is 6.63. The second-order valence-corrected chi connectivity index (χ2v) is 4.69. The van der Waals surface area contributed by atoms with E-state index < -0.39 is 0 Å². The zero-order valence-electron chi connectivity index (χ0n) is 11.4. The molecule has 0 atom stereocenters. The molecule has 2 heterocycles. The molecule has 0 unspecified atom stereocenters. The number of hydrogen-bond donors (Lipinski definition) is 2. The van der Waals surface area contributed by atoms with Crippen LogP contribution in [0.25, 0.3) is 0 Å². The molecule has 0 aliphatic heterocycles. The molecule has 0 aliphatic carbocycles. The van der Waals surface area contributed by atoms with Gasteiger partial charge in [-0.2, -0.15) is 5.10 Å². The Labute approximate surface area is 122 Å². The smallest absolute Gasteiger partial charge is 0.253 e. The van der Waals surface area contributed by atoms with Gasteiger partial charge in [0.15, 0.2) is 0 Å². The van der Waals surface area contributed by atoms with Gasteiger partial charge in [0, 0.05) is 38.1 Å². The van der Waals surface area contributed by atoms with Crippen molar-refractivity contribution in [1.29, 1.82) is 0 Å². The van der Waals surface area contributed by atoms with Gasteiger partial charge in [0.2, 0.25) is 0 Å². The van der Waals surface area contributed by atoms with Crippen LogP contribution in [-0.4, -0.2) is 27.2 Å². The highest BCUT2D eigenvalue weighted by Crippen LogP contribution is 2.18. The molecule has 7 heteroatoms. The number of hydrogen-bond acceptors (Lipinski definition) is 4. The second kappa shape index (κ2) is 6.38. The van der Waals surface area contributed by atoms with Gasteiger partial charge < -0.3 is 10.6 Å². The van der Waals surface area contributed by atoms with E-state index in [-0.39, 0.29) is 5.91 Å². The molecule has 20 heavy (non-hydrogen) atoms. The van der Waals surface area contributed by atoms with Gasteiger partial charge in [0.25, 0.3) is 5.91 Å². The van der Waals surface area contributed by atoms with E-state index in [9.17, 15) is 4.79 Å². The van der Waals surface area contributed by atoms with Crippen molar-refractivity contribution in [2.45, 2.75) is 13.5 Å². The number of halogens is 1. The molecule has 6 nitrogen and oxygen atoms in total. The lowest BCUT2D eigenvalue weighted by Crippen LogP contribution is -2.23. The van der Waals surface area contributed by atoms with Crippen LogP contribution >= 0.6 is 11.6 Å². The molecule has 2 aromatic heterocycles. The summed E-state index contributed by atoms with van der Waals surface area (Å²) in [5.74, 6) is 0.392. The van der Waals surface area contributed by atoms with Crippen LogP contribution < -0.4 is 10.6 Å². The minimum Gasteiger partial charge on any atom is -0.370 e. The number of anilines is 1. The molecule has 0 spiro atoms. The third kappa shape index (κ3) is 3.48. The van der Waals surface area contributed by atoms with E-state index in [0.717, 1.165) is 12.1 Å². The summed E-state index contributed by atoms with van der Waals surface area (Å²) < 4.78 is 1.68. The van der Waals surface area contributed by atoms with Crippen LogP contribution in [0.15, 0.2) is 24.7 Å². The number of amides is 1. The molecule has 0 aromatic carbocycles. The maximum absolute atomic E-state index is 12.1. The Hall–Kier alpha value is -2.08. The number of aryl methyl sites for hydroxylation is 1. The second-order valence-electron chi connectivity index (χ2n) is 4.28. The van der Waals surface area contributed by atoms with Gasteiger partial charge in [-0.15, -0.1) is 0 Å². The minimum atomic E-state index is -0.236. The van der Waals surface area contributed by atoms with E-state index in [2.05, 4.69) is 20.7 Å². The predicted molar refractivity (Wildman–Crippen MR) is 77.8 cm³/mol. The summed E-state index contributed by atoms with van der Waals surface area (Å²) in [5.41, 5.74) is 1.33. The SMILES string of the molecule is CCNc1cc(C(=O)NCc2cnn(C)c2)c(Cl)cn1. The van der Waals surface area contributed by atoms with E-state index in [1.807, 2.05) is 20.2 Å². The molecule has 0 bridgehead atoms. The minimum absolute atomic E-state index is 0.236. The summed E-state index contributed by atoms with van der Waals surface area (Å²) in [5, 5.41) is 10.2. The molecule has 2 aromatic rings. The van der Waals surface area contributed by atoms with Crippen LogP contribution in [-0.2, 0) is 13.6 Å². The fourth-order valence-electron chi connectivity index (χ4n) is 1.73. The lowest BCUT2D eigenvalue weighted by atomic mass is 10.2. The molecule has 0 saturated heterocycles. The average Bonchev–Trinajstić information content (AvgIpc) is 2.84. The first kappa shape index (κ1) is 14.3. The zero-order valence-corrected chi connectivity index (χ0v) is 12.1. The van der Waals surface area contributed by atoms with Crippen LogP contribution in [0.3, 0.4) is 0 Å². The number of pyridine rings is 1. The van der Waals surface area contributed by atoms with Crippen molar-refractivity contribution in [3.63, 3.8) is 0 Å². The van der Waals surface area contributed by atoms with E-state index in [1.54, 1.807) is 16.9 Å². The van der Waals surface area contributed by atoms with Crippen LogP contribution in [0.4, 0.5) is 5.82 Å². The Morgan fingerprint density at radius 1 is 1.45 bits per heavy atom. The summed E-state index contributed by atoms with van der Waals surface area (Å²) in [6, 6.07) is 1.64. The van der Waals surface area contributed by atoms with E-state index in [4.69, 9.17) is 11.6 Å². The predicted octanol–water partition coefficient (Wildman–Crippen LogP) is 1.83. The molecule has 1 amide bonds. The Bertz CT molecular complexity index is 611. The van der Waals surface area contributed by atoms with Gasteiger partial charge in [-0.05, 0) is 13.0 Å². The van der Waals surface area contributed by atoms with Crippen molar-refractivity contribution in [3.8, 4) is 0 Å². The first-order valence-electron chi connectivity index (χ1n) is 6.25. The van der Waals surface area contributed by atoms with Gasteiger partial charge in [-0.25, -0.2) is 4.98 Å². The van der Waals surface area contributed by atoms with Crippen molar-refractivity contribution >= 4 is 23.3 Å². The molecule has 106 valence electrons. The summed E-state index contributed by atoms with van der Waals surface area (Å²) in [4.78, 5) is 16.2. The summed E-state index contributed by atoms with van der Waals surface area (Å²) in [7, 11) is 1.83. The molecule has 0 radical (unpaired) electrons. The van der Waals surface area contributed by atoms with Crippen LogP contribution in [0.2, 0.25) is 5.02 Å². The normalized spacial score (nSPS) is 10.3. The molecule has 0 fully saturated rings. The highest BCUT2D eigenvalue weighted by molar-refractivity contribution is 6.33. The maximum Gasteiger partial charge on any atom is 0.253 e. The van der Waals surface area contributed by atoms with E-state index >= 15 is 0 Å². The Balaban J connectivity index is 2.06. The monoisotopic (exact) mass is 293 g/mol. The van der Waals surface area contributed by atoms with E-state index in [1.165, 1.54) is 6.20 Å². The first-order chi connectivity index (χ1) is 9.60. The third-order valence-electron chi connectivity index (χ3n) is 2.67. The van der Waals surface area contributed by atoms with E-state index in [0.29, 0.717) is 22.9 Å². The van der Waals surface area contributed by atoms with Crippen molar-refractivity contribution in [2.75, 3.05) is 11.9 Å². The van der Waals surface area contributed by atoms with Crippen LogP contribution in [0, 0.1) is 0 Å². The molecular formula is C13H16ClN5O. The standard InChI is InChI=1S/C13H16ClN5O/c1-3-15-12-4-10(11(14)7-16-12)13(20)17-5-9-6-18-19(2)8-9/h4,6-8H,3,5H2,1-2H3,(H,15,16)(H,17,20). The summed E-state index contributed by atoms with van der Waals surface area (Å²) in [6.07, 6.45) is 5.02. The number of nitrogens with zero attached hydrogens (tertiary/aromatic N) is 3. The fourth-order valence-corrected chi connectivity index (χ4v) is 1.92. The third-order valence-corrected chi connectivity index (χ3v) is 2.97. The molecule has 2 rings (SSSR count). The van der Waals surface area contributed by atoms with Gasteiger partial charge in [-0.3, -0.25) is 9.48 Å². The quantitative estimate of drug-likeness (QED) is 0.882. The molecule has 0 saturated carbocycles. The van der Waals surface area contributed by atoms with Gasteiger partial charge in [0.05, 0.1) is 16.8 Å². The number of nitrogens with one attached hydrogen (secondary N) is 2. The number of carbonyl (C=O) groups is 1. The zero-order chi connectivity index (χ0) is 14.5. The molecule has 0 aliphatic rings. The molecular weight excluding hydrogens is 278 g/mol. The Morgan fingerprint density at radius 3 is 2.90 bits per heavy atom. The van der Waals surface area contributed by atoms with Crippen molar-refractivity contribution < 1.29 is 4.79 Å². The Kier molecular flexibility index (Phi) is 4.57. The summed E-state index contributed by atoms with van der Waals surface area (Å²) >= 11 is 6.01. The van der Waals surface area contributed by atoms with Crippen LogP contribution in [0.1, 0.15) is 22.8 Å². The number of rotatable bonds is 5. The average molecular weight is 294 g/mol. The van der Waals surface area contributed by atoms with Gasteiger partial charge in [-0.1, -0.05) is 11.6 Å². The van der Waals surface area contributed by atoms with Gasteiger partial charge >= 0.3 is 0 Å². The highest BCUT2D eigenvalue weighted by Gasteiger charge is 2.12. The lowest BCUT2D eigenvalue weighted by Gasteiger charge is -2.08. The largest absolute Gasteiger partial charge is 0.370 e. The van der Waals surface area contributed by atoms with Crippen molar-refractivity contribution in [3.05, 3.63) is 40.8 Å². The number of carbonyl (C=O) groups excluding carboxylic acids is 1. The topological polar surface area (TPSA) is 71.8 Å². The number of aromatic nitrogens is 3. The van der Waals surface area contributed by atoms with Crippen molar-refractivity contribution in [1.82, 2.24) is 20.1 Å². The van der Waals surface area contributed by atoms with Crippen LogP contribution in [0.5, 0.6) is 0 Å². The lowest BCUT2D eigenvalue weighted by molar-refractivity contribution is 0.0951. The van der Waals surface area contributed by atoms with Crippen molar-refractivity contribution in [2.24, 2.45) is 7.05 Å². The molecule has 2 N–H and O–H groups in total. The highest BCUT2D eigenvalue weighted by atomic mass is 35.5. The summed E-state index contributed by atoms with van der Waals surface area (Å²) in [6.45, 7) is 3.09. The Morgan fingerprint density at radius 2 is 2.25 bits per heavy atom. The fraction of sp³-hybridized carbons (Fsp3) is 0.308. The maximum atomic E-state index is 12.1. The van der Waals surface area contributed by atoms with Gasteiger partial charge in [0.1, 0.15) is 5.82 Å².